The van der Waals surface area contributed by atoms with Crippen molar-refractivity contribution in [1.82, 2.24) is 9.97 Å². The van der Waals surface area contributed by atoms with Crippen LogP contribution in [0.25, 0.3) is 10.3 Å². The minimum absolute atomic E-state index is 0.594. The lowest BCUT2D eigenvalue weighted by Crippen LogP contribution is -2.33. The van der Waals surface area contributed by atoms with Gasteiger partial charge >= 0.3 is 0 Å². The maximum atomic E-state index is 5.96. The molecule has 29 heavy (non-hydrogen) atoms. The fourth-order valence-electron chi connectivity index (χ4n) is 3.62. The normalized spacial score (nSPS) is 13.3. The summed E-state index contributed by atoms with van der Waals surface area (Å²) < 4.78 is 12.8. The molecule has 1 aliphatic heterocycles. The standard InChI is InChI=1S/C23H21N3O2S/c1-2-7-20-17(5-1)6-4-14-26(20)15-16-27-18-9-11-19(12-10-18)28-23-25-22-21(29-23)8-3-13-24-22/h1-3,5,7-13H,4,6,14-16H2. The van der Waals surface area contributed by atoms with Crippen LogP contribution in [-0.2, 0) is 6.42 Å². The zero-order valence-electron chi connectivity index (χ0n) is 16.0. The van der Waals surface area contributed by atoms with Crippen LogP contribution in [0.5, 0.6) is 16.7 Å². The van der Waals surface area contributed by atoms with Crippen molar-refractivity contribution in [2.75, 3.05) is 24.6 Å². The van der Waals surface area contributed by atoms with Gasteiger partial charge < -0.3 is 14.4 Å². The van der Waals surface area contributed by atoms with Crippen LogP contribution in [-0.4, -0.2) is 29.7 Å². The topological polar surface area (TPSA) is 47.5 Å². The third-order valence-corrected chi connectivity index (χ3v) is 5.90. The molecule has 5 rings (SSSR count). The van der Waals surface area contributed by atoms with Crippen molar-refractivity contribution in [3.63, 3.8) is 0 Å². The minimum Gasteiger partial charge on any atom is -0.492 e. The number of hydrogen-bond donors (Lipinski definition) is 0. The van der Waals surface area contributed by atoms with Crippen molar-refractivity contribution in [3.8, 4) is 16.7 Å². The Balaban J connectivity index is 1.17. The maximum Gasteiger partial charge on any atom is 0.281 e. The molecular weight excluding hydrogens is 382 g/mol. The highest BCUT2D eigenvalue weighted by molar-refractivity contribution is 7.20. The zero-order valence-corrected chi connectivity index (χ0v) is 16.8. The van der Waals surface area contributed by atoms with Gasteiger partial charge in [-0.2, -0.15) is 4.98 Å². The summed E-state index contributed by atoms with van der Waals surface area (Å²) in [4.78, 5) is 11.1. The van der Waals surface area contributed by atoms with Crippen molar-refractivity contribution >= 4 is 27.4 Å². The van der Waals surface area contributed by atoms with Gasteiger partial charge in [-0.1, -0.05) is 29.5 Å². The number of aryl methyl sites for hydroxylation is 1. The number of benzene rings is 2. The van der Waals surface area contributed by atoms with Gasteiger partial charge in [-0.05, 0) is 60.9 Å². The molecule has 0 saturated heterocycles. The lowest BCUT2D eigenvalue weighted by Gasteiger charge is -2.31. The van der Waals surface area contributed by atoms with Crippen molar-refractivity contribution in [2.24, 2.45) is 0 Å². The van der Waals surface area contributed by atoms with Crippen molar-refractivity contribution in [3.05, 3.63) is 72.4 Å². The predicted octanol–water partition coefficient (Wildman–Crippen LogP) is 5.32. The van der Waals surface area contributed by atoms with E-state index in [2.05, 4.69) is 39.1 Å². The van der Waals surface area contributed by atoms with Crippen molar-refractivity contribution < 1.29 is 9.47 Å². The lowest BCUT2D eigenvalue weighted by molar-refractivity contribution is 0.322. The average Bonchev–Trinajstić information content (AvgIpc) is 3.17. The highest BCUT2D eigenvalue weighted by Gasteiger charge is 2.15. The maximum absolute atomic E-state index is 5.96. The predicted molar refractivity (Wildman–Crippen MR) is 116 cm³/mol. The fraction of sp³-hybridized carbons (Fsp3) is 0.217. The number of rotatable bonds is 6. The highest BCUT2D eigenvalue weighted by Crippen LogP contribution is 2.31. The van der Waals surface area contributed by atoms with Gasteiger partial charge in [0.05, 0.1) is 11.2 Å². The lowest BCUT2D eigenvalue weighted by atomic mass is 10.0. The average molecular weight is 404 g/mol. The van der Waals surface area contributed by atoms with Gasteiger partial charge in [-0.25, -0.2) is 4.98 Å². The first-order chi connectivity index (χ1) is 14.3. The molecule has 3 heterocycles. The molecule has 0 radical (unpaired) electrons. The Morgan fingerprint density at radius 1 is 0.966 bits per heavy atom. The second-order valence-electron chi connectivity index (χ2n) is 6.95. The van der Waals surface area contributed by atoms with Gasteiger partial charge in [-0.3, -0.25) is 0 Å². The molecule has 0 atom stereocenters. The summed E-state index contributed by atoms with van der Waals surface area (Å²) >= 11 is 1.49. The molecule has 6 heteroatoms. The van der Waals surface area contributed by atoms with E-state index in [4.69, 9.17) is 9.47 Å². The molecule has 0 spiro atoms. The Kier molecular flexibility index (Phi) is 5.01. The largest absolute Gasteiger partial charge is 0.492 e. The summed E-state index contributed by atoms with van der Waals surface area (Å²) in [6.07, 6.45) is 4.10. The van der Waals surface area contributed by atoms with Crippen LogP contribution >= 0.6 is 11.3 Å². The Hall–Kier alpha value is -3.12. The van der Waals surface area contributed by atoms with Crippen LogP contribution in [0, 0.1) is 0 Å². The van der Waals surface area contributed by atoms with Crippen molar-refractivity contribution in [1.29, 1.82) is 0 Å². The number of nitrogens with zero attached hydrogens (tertiary/aromatic N) is 3. The van der Waals surface area contributed by atoms with E-state index in [1.807, 2.05) is 36.4 Å². The molecule has 0 fully saturated rings. The molecule has 0 N–H and O–H groups in total. The number of ether oxygens (including phenoxy) is 2. The van der Waals surface area contributed by atoms with Crippen LogP contribution < -0.4 is 14.4 Å². The number of anilines is 1. The van der Waals surface area contributed by atoms with E-state index < -0.39 is 0 Å². The Labute approximate surface area is 173 Å². The Morgan fingerprint density at radius 3 is 2.72 bits per heavy atom. The molecule has 4 aromatic rings. The molecule has 1 aliphatic rings. The van der Waals surface area contributed by atoms with E-state index in [-0.39, 0.29) is 0 Å². The quantitative estimate of drug-likeness (QED) is 0.436. The molecule has 2 aromatic carbocycles. The molecule has 0 aliphatic carbocycles. The summed E-state index contributed by atoms with van der Waals surface area (Å²) in [7, 11) is 0. The zero-order chi connectivity index (χ0) is 19.5. The second kappa shape index (κ2) is 8.09. The number of pyridine rings is 1. The van der Waals surface area contributed by atoms with Crippen LogP contribution in [0.15, 0.2) is 66.9 Å². The SMILES string of the molecule is c1ccc2c(c1)CCCN2CCOc1ccc(Oc2nc3ncccc3s2)cc1. The molecule has 0 unspecified atom stereocenters. The van der Waals surface area contributed by atoms with Crippen LogP contribution in [0.3, 0.4) is 0 Å². The second-order valence-corrected chi connectivity index (χ2v) is 7.94. The number of aromatic nitrogens is 2. The van der Waals surface area contributed by atoms with Crippen LogP contribution in [0.4, 0.5) is 5.69 Å². The van der Waals surface area contributed by atoms with Crippen molar-refractivity contribution in [2.45, 2.75) is 12.8 Å². The Bertz CT molecular complexity index is 1080. The molecule has 0 saturated carbocycles. The summed E-state index contributed by atoms with van der Waals surface area (Å²) in [5, 5.41) is 0.594. The summed E-state index contributed by atoms with van der Waals surface area (Å²) in [6.45, 7) is 2.62. The monoisotopic (exact) mass is 403 g/mol. The summed E-state index contributed by atoms with van der Waals surface area (Å²) in [5.41, 5.74) is 3.49. The number of thiazole rings is 1. The van der Waals surface area contributed by atoms with Gasteiger partial charge in [0.15, 0.2) is 5.65 Å². The van der Waals surface area contributed by atoms with Gasteiger partial charge in [0.1, 0.15) is 18.1 Å². The first-order valence-electron chi connectivity index (χ1n) is 9.80. The van der Waals surface area contributed by atoms with Gasteiger partial charge in [-0.15, -0.1) is 0 Å². The van der Waals surface area contributed by atoms with Gasteiger partial charge in [0, 0.05) is 18.4 Å². The van der Waals surface area contributed by atoms with E-state index in [0.717, 1.165) is 29.3 Å². The van der Waals surface area contributed by atoms with E-state index >= 15 is 0 Å². The Morgan fingerprint density at radius 2 is 1.83 bits per heavy atom. The first-order valence-corrected chi connectivity index (χ1v) is 10.6. The van der Waals surface area contributed by atoms with Gasteiger partial charge in [0.2, 0.25) is 0 Å². The van der Waals surface area contributed by atoms with Gasteiger partial charge in [0.25, 0.3) is 5.19 Å². The summed E-state index contributed by atoms with van der Waals surface area (Å²) in [5.74, 6) is 1.58. The smallest absolute Gasteiger partial charge is 0.281 e. The van der Waals surface area contributed by atoms with Crippen LogP contribution in [0.1, 0.15) is 12.0 Å². The molecule has 2 aromatic heterocycles. The third kappa shape index (κ3) is 4.03. The fourth-order valence-corrected chi connectivity index (χ4v) is 4.41. The summed E-state index contributed by atoms with van der Waals surface area (Å²) in [6, 6.07) is 20.2. The van der Waals surface area contributed by atoms with E-state index in [1.165, 1.54) is 35.4 Å². The number of hydrogen-bond acceptors (Lipinski definition) is 6. The third-order valence-electron chi connectivity index (χ3n) is 5.01. The van der Waals surface area contributed by atoms with E-state index in [9.17, 15) is 0 Å². The van der Waals surface area contributed by atoms with E-state index in [1.54, 1.807) is 6.20 Å². The first kappa shape index (κ1) is 17.9. The molecular formula is C23H21N3O2S. The number of para-hydroxylation sites is 1. The van der Waals surface area contributed by atoms with Crippen LogP contribution in [0.2, 0.25) is 0 Å². The highest BCUT2D eigenvalue weighted by atomic mass is 32.1. The minimum atomic E-state index is 0.594. The molecule has 146 valence electrons. The molecule has 5 nitrogen and oxygen atoms in total. The number of fused-ring (bicyclic) bond motifs is 2. The molecule has 0 bridgehead atoms. The van der Waals surface area contributed by atoms with E-state index in [0.29, 0.717) is 17.4 Å². The molecule has 0 amide bonds.